The van der Waals surface area contributed by atoms with Crippen molar-refractivity contribution in [3.63, 3.8) is 0 Å². The number of nitrogens with zero attached hydrogens (tertiary/aromatic N) is 1. The van der Waals surface area contributed by atoms with Gasteiger partial charge in [-0.3, -0.25) is 28.8 Å². The molecule has 1 heterocycles. The number of hydrogen-bond acceptors (Lipinski definition) is 11. The van der Waals surface area contributed by atoms with E-state index in [0.29, 0.717) is 110 Å². The number of carbonyl (C=O) groups is 6. The summed E-state index contributed by atoms with van der Waals surface area (Å²) in [7, 11) is 0. The molecule has 0 bridgehead atoms. The highest BCUT2D eigenvalue weighted by Crippen LogP contribution is 2.20. The van der Waals surface area contributed by atoms with Crippen LogP contribution in [0, 0.1) is 17.8 Å². The average molecular weight is 848 g/mol. The first-order valence-electron chi connectivity index (χ1n) is 22.2. The molecule has 4 amide bonds. The molecule has 0 aromatic heterocycles. The summed E-state index contributed by atoms with van der Waals surface area (Å²) >= 11 is 0. The van der Waals surface area contributed by atoms with Crippen molar-refractivity contribution in [1.82, 2.24) is 26.2 Å². The Morgan fingerprint density at radius 3 is 1.82 bits per heavy atom. The number of rotatable bonds is 29. The molecule has 3 rings (SSSR count). The van der Waals surface area contributed by atoms with Crippen molar-refractivity contribution in [2.75, 3.05) is 45.8 Å². The number of nitrogens with two attached hydrogens (primary N) is 4. The van der Waals surface area contributed by atoms with Gasteiger partial charge in [0.05, 0.1) is 18.1 Å². The molecular weight excluding hydrogens is 775 g/mol. The number of piperazine rings is 1. The van der Waals surface area contributed by atoms with Gasteiger partial charge >= 0.3 is 0 Å². The molecule has 1 unspecified atom stereocenters. The molecule has 15 nitrogen and oxygen atoms in total. The van der Waals surface area contributed by atoms with Crippen LogP contribution in [0.15, 0.2) is 60.7 Å². The fourth-order valence-electron chi connectivity index (χ4n) is 7.58. The first kappa shape index (κ1) is 50.8. The normalized spacial score (nSPS) is 15.8. The Hall–Kier alpha value is -4.54. The lowest BCUT2D eigenvalue weighted by atomic mass is 9.88. The van der Waals surface area contributed by atoms with Crippen LogP contribution < -0.4 is 44.2 Å². The summed E-state index contributed by atoms with van der Waals surface area (Å²) in [6.45, 7) is 7.42. The summed E-state index contributed by atoms with van der Waals surface area (Å²) < 4.78 is 0. The van der Waals surface area contributed by atoms with E-state index in [1.54, 1.807) is 4.90 Å². The van der Waals surface area contributed by atoms with Crippen LogP contribution >= 0.6 is 0 Å². The number of amides is 4. The zero-order valence-electron chi connectivity index (χ0n) is 36.5. The number of ketones is 2. The largest absolute Gasteiger partial charge is 0.356 e. The molecule has 2 aromatic carbocycles. The van der Waals surface area contributed by atoms with Gasteiger partial charge in [-0.05, 0) is 94.3 Å². The lowest BCUT2D eigenvalue weighted by Gasteiger charge is -2.31. The molecule has 1 aliphatic rings. The fourth-order valence-corrected chi connectivity index (χ4v) is 7.58. The molecule has 15 heteroatoms. The van der Waals surface area contributed by atoms with Gasteiger partial charge in [-0.1, -0.05) is 74.5 Å². The minimum absolute atomic E-state index is 0.0489. The second kappa shape index (κ2) is 28.1. The maximum atomic E-state index is 14.1. The molecule has 1 aliphatic heterocycles. The van der Waals surface area contributed by atoms with E-state index in [1.165, 1.54) is 0 Å². The van der Waals surface area contributed by atoms with Crippen LogP contribution in [0.25, 0.3) is 0 Å². The summed E-state index contributed by atoms with van der Waals surface area (Å²) in [5.41, 5.74) is 25.7. The maximum absolute atomic E-state index is 14.1. The van der Waals surface area contributed by atoms with Crippen molar-refractivity contribution in [1.29, 1.82) is 0 Å². The standard InChI is InChI=1S/C46H73N9O6/c1-32(2)27-40(54-44(59)36(28-33-13-5-3-6-14-33)31-41(56)38(50)29-34-15-7-4-8-16-34)42(57)30-35(17-11-20-47)43(58)52-22-10-9-19-39(46(61)55-25-23-51-24-26-55)53-45(60)37(49)18-12-21-48/h3-8,13-16,32,35-40,51H,9-12,17-31,47-50H2,1-2H3,(H,52,58)(H,53,60)(H,54,59)/t35-,36-,37+,38+,39?,40+/m0/s1. The summed E-state index contributed by atoms with van der Waals surface area (Å²) in [4.78, 5) is 83.2. The number of hydrogen-bond donors (Lipinski definition) is 8. The SMILES string of the molecule is CC(C)C[C@@H](NC(=O)[C@H](CC(=O)[C@H](N)Cc1ccccc1)Cc1ccccc1)C(=O)C[C@H](CCCN)C(=O)NCCCCC(NC(=O)[C@H](N)CCCN)C(=O)N1CCNCC1. The number of unbranched alkanes of at least 4 members (excludes halogenated alkanes) is 1. The number of carbonyl (C=O) groups excluding carboxylic acids is 6. The van der Waals surface area contributed by atoms with E-state index >= 15 is 0 Å². The minimum Gasteiger partial charge on any atom is -0.356 e. The Morgan fingerprint density at radius 2 is 1.21 bits per heavy atom. The highest BCUT2D eigenvalue weighted by molar-refractivity contribution is 5.95. The third kappa shape index (κ3) is 18.9. The van der Waals surface area contributed by atoms with Gasteiger partial charge in [0.1, 0.15) is 6.04 Å². The van der Waals surface area contributed by atoms with E-state index in [-0.39, 0.29) is 42.1 Å². The highest BCUT2D eigenvalue weighted by Gasteiger charge is 2.32. The molecule has 338 valence electrons. The lowest BCUT2D eigenvalue weighted by molar-refractivity contribution is -0.137. The van der Waals surface area contributed by atoms with E-state index in [1.807, 2.05) is 74.5 Å². The highest BCUT2D eigenvalue weighted by atomic mass is 16.2. The zero-order chi connectivity index (χ0) is 44.6. The predicted octanol–water partition coefficient (Wildman–Crippen LogP) is 1.49. The van der Waals surface area contributed by atoms with Crippen LogP contribution in [0.2, 0.25) is 0 Å². The number of benzene rings is 2. The van der Waals surface area contributed by atoms with Crippen molar-refractivity contribution in [2.45, 2.75) is 115 Å². The Labute approximate surface area is 362 Å². The minimum atomic E-state index is -0.865. The van der Waals surface area contributed by atoms with Gasteiger partial charge in [-0.15, -0.1) is 0 Å². The summed E-state index contributed by atoms with van der Waals surface area (Å²) in [6, 6.07) is 15.7. The predicted molar refractivity (Wildman–Crippen MR) is 239 cm³/mol. The molecule has 0 spiro atoms. The molecular formula is C46H73N9O6. The lowest BCUT2D eigenvalue weighted by Crippen LogP contribution is -2.56. The fraction of sp³-hybridized carbons (Fsp3) is 0.609. The van der Waals surface area contributed by atoms with Gasteiger partial charge in [0.15, 0.2) is 11.6 Å². The van der Waals surface area contributed by atoms with Crippen molar-refractivity contribution in [3.8, 4) is 0 Å². The first-order chi connectivity index (χ1) is 29.3. The molecule has 0 saturated carbocycles. The van der Waals surface area contributed by atoms with Gasteiger partial charge in [0.25, 0.3) is 0 Å². The van der Waals surface area contributed by atoms with Crippen LogP contribution in [0.3, 0.4) is 0 Å². The van der Waals surface area contributed by atoms with Crippen LogP contribution in [0.5, 0.6) is 0 Å². The molecule has 1 fully saturated rings. The third-order valence-corrected chi connectivity index (χ3v) is 11.2. The average Bonchev–Trinajstić information content (AvgIpc) is 3.26. The summed E-state index contributed by atoms with van der Waals surface area (Å²) in [5, 5.41) is 12.0. The summed E-state index contributed by atoms with van der Waals surface area (Å²) in [6.07, 6.45) is 4.20. The Morgan fingerprint density at radius 1 is 0.639 bits per heavy atom. The van der Waals surface area contributed by atoms with E-state index < -0.39 is 47.8 Å². The Kier molecular flexibility index (Phi) is 23.4. The van der Waals surface area contributed by atoms with Gasteiger partial charge in [0.2, 0.25) is 23.6 Å². The molecule has 2 aromatic rings. The summed E-state index contributed by atoms with van der Waals surface area (Å²) in [5.74, 6) is -3.13. The molecule has 6 atom stereocenters. The molecule has 0 aliphatic carbocycles. The van der Waals surface area contributed by atoms with Crippen molar-refractivity contribution < 1.29 is 28.8 Å². The Balaban J connectivity index is 1.64. The molecule has 61 heavy (non-hydrogen) atoms. The molecule has 0 radical (unpaired) electrons. The van der Waals surface area contributed by atoms with Crippen molar-refractivity contribution >= 4 is 35.2 Å². The van der Waals surface area contributed by atoms with E-state index in [4.69, 9.17) is 22.9 Å². The van der Waals surface area contributed by atoms with Crippen molar-refractivity contribution in [3.05, 3.63) is 71.8 Å². The van der Waals surface area contributed by atoms with Crippen LogP contribution in [0.1, 0.15) is 89.2 Å². The van der Waals surface area contributed by atoms with Gasteiger partial charge < -0.3 is 49.1 Å². The topological polar surface area (TPSA) is 258 Å². The van der Waals surface area contributed by atoms with Crippen LogP contribution in [-0.2, 0) is 41.6 Å². The zero-order valence-corrected chi connectivity index (χ0v) is 36.5. The van der Waals surface area contributed by atoms with Gasteiger partial charge in [-0.25, -0.2) is 0 Å². The van der Waals surface area contributed by atoms with Gasteiger partial charge in [-0.2, -0.15) is 0 Å². The number of Topliss-reactive ketones (excluding diaryl/α,β-unsaturated/α-hetero) is 2. The van der Waals surface area contributed by atoms with E-state index in [0.717, 1.165) is 11.1 Å². The van der Waals surface area contributed by atoms with E-state index in [2.05, 4.69) is 21.3 Å². The maximum Gasteiger partial charge on any atom is 0.245 e. The number of nitrogens with one attached hydrogen (secondary N) is 4. The molecule has 1 saturated heterocycles. The van der Waals surface area contributed by atoms with Crippen LogP contribution in [-0.4, -0.2) is 110 Å². The monoisotopic (exact) mass is 848 g/mol. The van der Waals surface area contributed by atoms with E-state index in [9.17, 15) is 28.8 Å². The van der Waals surface area contributed by atoms with Crippen molar-refractivity contribution in [2.24, 2.45) is 40.7 Å². The second-order valence-electron chi connectivity index (χ2n) is 16.8. The van der Waals surface area contributed by atoms with Crippen LogP contribution in [0.4, 0.5) is 0 Å². The third-order valence-electron chi connectivity index (χ3n) is 11.2. The smallest absolute Gasteiger partial charge is 0.245 e. The first-order valence-corrected chi connectivity index (χ1v) is 22.2. The Bertz CT molecular complexity index is 1640. The molecule has 12 N–H and O–H groups in total. The quantitative estimate of drug-likeness (QED) is 0.0545. The van der Waals surface area contributed by atoms with Gasteiger partial charge in [0, 0.05) is 57.4 Å². The second-order valence-corrected chi connectivity index (χ2v) is 16.8.